The minimum atomic E-state index is 0.320. The minimum absolute atomic E-state index is 0.320. The second-order valence-corrected chi connectivity index (χ2v) is 6.66. The molecule has 0 amide bonds. The van der Waals surface area contributed by atoms with Crippen molar-refractivity contribution in [2.45, 2.75) is 20.4 Å². The molecular weight excluding hydrogens is 398 g/mol. The van der Waals surface area contributed by atoms with Gasteiger partial charge in [-0.1, -0.05) is 15.9 Å². The fourth-order valence-electron chi connectivity index (χ4n) is 2.16. The molecule has 0 aliphatic rings. The number of anilines is 1. The lowest BCUT2D eigenvalue weighted by molar-refractivity contribution is 0.407. The fourth-order valence-corrected chi connectivity index (χ4v) is 3.63. The van der Waals surface area contributed by atoms with Crippen LogP contribution in [0.1, 0.15) is 16.7 Å². The Kier molecular flexibility index (Phi) is 5.17. The molecule has 112 valence electrons. The second-order valence-electron chi connectivity index (χ2n) is 4.89. The molecule has 3 nitrogen and oxygen atoms in total. The van der Waals surface area contributed by atoms with Gasteiger partial charge in [0.05, 0.1) is 11.6 Å². The van der Waals surface area contributed by atoms with E-state index in [0.717, 1.165) is 37.1 Å². The largest absolute Gasteiger partial charge is 0.508 e. The van der Waals surface area contributed by atoms with Crippen LogP contribution < -0.4 is 10.1 Å². The van der Waals surface area contributed by atoms with Crippen LogP contribution in [0, 0.1) is 13.8 Å². The third kappa shape index (κ3) is 3.71. The number of halogens is 2. The van der Waals surface area contributed by atoms with Gasteiger partial charge in [0.25, 0.3) is 0 Å². The fraction of sp³-hybridized carbons (Fsp3) is 0.250. The Hall–Kier alpha value is -1.20. The van der Waals surface area contributed by atoms with Gasteiger partial charge in [-0.05, 0) is 65.2 Å². The number of phenolic OH excluding ortho intramolecular Hbond substituents is 1. The molecule has 0 unspecified atom stereocenters. The molecule has 0 bridgehead atoms. The summed E-state index contributed by atoms with van der Waals surface area (Å²) in [5.41, 5.74) is 3.91. The quantitative estimate of drug-likeness (QED) is 0.679. The van der Waals surface area contributed by atoms with Crippen LogP contribution in [0.25, 0.3) is 0 Å². The number of phenols is 1. The van der Waals surface area contributed by atoms with E-state index in [2.05, 4.69) is 37.2 Å². The van der Waals surface area contributed by atoms with Gasteiger partial charge in [-0.3, -0.25) is 0 Å². The maximum atomic E-state index is 9.70. The molecule has 2 aromatic rings. The van der Waals surface area contributed by atoms with Crippen molar-refractivity contribution in [3.05, 3.63) is 49.9 Å². The Morgan fingerprint density at radius 1 is 1.10 bits per heavy atom. The molecule has 0 aliphatic heterocycles. The minimum Gasteiger partial charge on any atom is -0.508 e. The Morgan fingerprint density at radius 2 is 1.81 bits per heavy atom. The summed E-state index contributed by atoms with van der Waals surface area (Å²) in [5, 5.41) is 13.1. The highest BCUT2D eigenvalue weighted by molar-refractivity contribution is 9.11. The third-order valence-corrected chi connectivity index (χ3v) is 4.35. The highest BCUT2D eigenvalue weighted by Gasteiger charge is 2.10. The van der Waals surface area contributed by atoms with E-state index in [9.17, 15) is 5.11 Å². The standard InChI is InChI=1S/C16H17Br2NO2/c1-9-5-15(20)10(2)4-14(9)19-8-11-6-12(17)7-13(18)16(11)21-3/h4-7,19-20H,8H2,1-3H3. The molecule has 0 saturated carbocycles. The molecular formula is C16H17Br2NO2. The molecule has 2 N–H and O–H groups in total. The molecule has 0 atom stereocenters. The van der Waals surface area contributed by atoms with Crippen molar-refractivity contribution in [3.8, 4) is 11.5 Å². The van der Waals surface area contributed by atoms with Crippen molar-refractivity contribution in [1.29, 1.82) is 0 Å². The Bertz CT molecular complexity index is 672. The van der Waals surface area contributed by atoms with E-state index in [1.165, 1.54) is 0 Å². The van der Waals surface area contributed by atoms with Gasteiger partial charge in [-0.2, -0.15) is 0 Å². The number of rotatable bonds is 4. The molecule has 0 heterocycles. The molecule has 0 radical (unpaired) electrons. The average Bonchev–Trinajstić information content (AvgIpc) is 2.41. The van der Waals surface area contributed by atoms with Gasteiger partial charge in [-0.15, -0.1) is 0 Å². The molecule has 21 heavy (non-hydrogen) atoms. The summed E-state index contributed by atoms with van der Waals surface area (Å²) in [5.74, 6) is 1.14. The average molecular weight is 415 g/mol. The predicted molar refractivity (Wildman–Crippen MR) is 93.3 cm³/mol. The topological polar surface area (TPSA) is 41.5 Å². The van der Waals surface area contributed by atoms with Gasteiger partial charge < -0.3 is 15.2 Å². The Morgan fingerprint density at radius 3 is 2.48 bits per heavy atom. The van der Waals surface area contributed by atoms with E-state index >= 15 is 0 Å². The van der Waals surface area contributed by atoms with Gasteiger partial charge in [0.2, 0.25) is 0 Å². The van der Waals surface area contributed by atoms with Gasteiger partial charge in [0, 0.05) is 22.3 Å². The van der Waals surface area contributed by atoms with E-state index in [0.29, 0.717) is 12.3 Å². The van der Waals surface area contributed by atoms with Gasteiger partial charge in [0.1, 0.15) is 11.5 Å². The lowest BCUT2D eigenvalue weighted by Gasteiger charge is -2.15. The van der Waals surface area contributed by atoms with Crippen molar-refractivity contribution < 1.29 is 9.84 Å². The first-order chi connectivity index (χ1) is 9.92. The normalized spacial score (nSPS) is 10.5. The molecule has 0 fully saturated rings. The van der Waals surface area contributed by atoms with Crippen LogP contribution in [0.3, 0.4) is 0 Å². The first kappa shape index (κ1) is 16.2. The van der Waals surface area contributed by atoms with Crippen molar-refractivity contribution in [3.63, 3.8) is 0 Å². The maximum absolute atomic E-state index is 9.70. The monoisotopic (exact) mass is 413 g/mol. The molecule has 2 aromatic carbocycles. The predicted octanol–water partition coefficient (Wildman–Crippen LogP) is 5.15. The number of benzene rings is 2. The summed E-state index contributed by atoms with van der Waals surface area (Å²) < 4.78 is 7.35. The first-order valence-corrected chi connectivity index (χ1v) is 8.07. The number of aromatic hydroxyl groups is 1. The maximum Gasteiger partial charge on any atom is 0.138 e. The molecule has 0 spiro atoms. The van der Waals surface area contributed by atoms with Crippen molar-refractivity contribution in [2.24, 2.45) is 0 Å². The summed E-state index contributed by atoms with van der Waals surface area (Å²) in [7, 11) is 1.66. The molecule has 0 saturated heterocycles. The van der Waals surface area contributed by atoms with Crippen LogP contribution in [0.2, 0.25) is 0 Å². The Balaban J connectivity index is 2.26. The number of aryl methyl sites for hydroxylation is 2. The summed E-state index contributed by atoms with van der Waals surface area (Å²) in [4.78, 5) is 0. The SMILES string of the molecule is COc1c(Br)cc(Br)cc1CNc1cc(C)c(O)cc1C. The highest BCUT2D eigenvalue weighted by atomic mass is 79.9. The lowest BCUT2D eigenvalue weighted by Crippen LogP contribution is -2.04. The number of ether oxygens (including phenoxy) is 1. The number of nitrogens with one attached hydrogen (secondary N) is 1. The van der Waals surface area contributed by atoms with E-state index in [1.807, 2.05) is 32.0 Å². The van der Waals surface area contributed by atoms with Crippen LogP contribution in [-0.2, 0) is 6.54 Å². The van der Waals surface area contributed by atoms with Crippen molar-refractivity contribution in [2.75, 3.05) is 12.4 Å². The van der Waals surface area contributed by atoms with Crippen LogP contribution in [-0.4, -0.2) is 12.2 Å². The second kappa shape index (κ2) is 6.71. The van der Waals surface area contributed by atoms with Gasteiger partial charge >= 0.3 is 0 Å². The number of hydrogen-bond donors (Lipinski definition) is 2. The number of hydrogen-bond acceptors (Lipinski definition) is 3. The zero-order chi connectivity index (χ0) is 15.6. The zero-order valence-corrected chi connectivity index (χ0v) is 15.3. The summed E-state index contributed by atoms with van der Waals surface area (Å²) in [6, 6.07) is 7.70. The number of methoxy groups -OCH3 is 1. The van der Waals surface area contributed by atoms with E-state index in [4.69, 9.17) is 4.74 Å². The van der Waals surface area contributed by atoms with Crippen molar-refractivity contribution in [1.82, 2.24) is 0 Å². The van der Waals surface area contributed by atoms with Crippen LogP contribution in [0.15, 0.2) is 33.2 Å². The van der Waals surface area contributed by atoms with Crippen LogP contribution in [0.5, 0.6) is 11.5 Å². The first-order valence-electron chi connectivity index (χ1n) is 6.48. The van der Waals surface area contributed by atoms with E-state index in [-0.39, 0.29) is 0 Å². The molecule has 0 aliphatic carbocycles. The summed E-state index contributed by atoms with van der Waals surface area (Å²) in [6.07, 6.45) is 0. The zero-order valence-electron chi connectivity index (χ0n) is 12.1. The molecule has 5 heteroatoms. The lowest BCUT2D eigenvalue weighted by atomic mass is 10.1. The smallest absolute Gasteiger partial charge is 0.138 e. The van der Waals surface area contributed by atoms with E-state index < -0.39 is 0 Å². The van der Waals surface area contributed by atoms with Crippen LogP contribution >= 0.6 is 31.9 Å². The van der Waals surface area contributed by atoms with E-state index in [1.54, 1.807) is 13.2 Å². The summed E-state index contributed by atoms with van der Waals surface area (Å²) >= 11 is 7.00. The Labute approximate surface area is 141 Å². The van der Waals surface area contributed by atoms with Crippen molar-refractivity contribution >= 4 is 37.5 Å². The van der Waals surface area contributed by atoms with Crippen LogP contribution in [0.4, 0.5) is 5.69 Å². The third-order valence-electron chi connectivity index (χ3n) is 3.30. The highest BCUT2D eigenvalue weighted by Crippen LogP contribution is 2.33. The molecule has 0 aromatic heterocycles. The molecule has 2 rings (SSSR count). The summed E-state index contributed by atoms with van der Waals surface area (Å²) in [6.45, 7) is 4.48. The van der Waals surface area contributed by atoms with Gasteiger partial charge in [0.15, 0.2) is 0 Å². The van der Waals surface area contributed by atoms with Gasteiger partial charge in [-0.25, -0.2) is 0 Å².